The van der Waals surface area contributed by atoms with Gasteiger partial charge in [0.1, 0.15) is 104 Å². The number of hydrogen-bond acceptors (Lipinski definition) is 30. The zero-order chi connectivity index (χ0) is 54.0. The molecule has 29 N–H and O–H groups in total. The maximum Gasteiger partial charge on any atom is 0.187 e. The van der Waals surface area contributed by atoms with E-state index in [-0.39, 0.29) is 32.2 Å². The van der Waals surface area contributed by atoms with Gasteiger partial charge in [-0.25, -0.2) is 0 Å². The molecule has 30 nitrogen and oxygen atoms in total. The van der Waals surface area contributed by atoms with E-state index in [0.29, 0.717) is 0 Å². The van der Waals surface area contributed by atoms with E-state index in [9.17, 15) is 71.2 Å². The van der Waals surface area contributed by atoms with Crippen LogP contribution < -0.4 is 45.9 Å². The summed E-state index contributed by atoms with van der Waals surface area (Å²) in [4.78, 5) is 12.5. The molecule has 4 aliphatic heterocycles. The standard InChI is InChI=1S/C23H44N4O12.C19H38N4O10/c1-7(25)19-17(34)18(35)23(37-19)39-21-14(31)8(5-11(30)10(29)2-3-24)4-9(26)20(21)38-22-13(27)16(33)15(32)12(6-28)36-22;1-4(20)14-12(28)13(29)19(30-14)33-17-9(25)6(21)3-7(22)16(17)32-18-8(23)10(26)11(27)15(31-18)5(2)24/h7-10,12-23,28-29,31-35H,2-6,24-27H2,1H3;4-19,24-29H,3,20-23H2,1-2H3/t7-,8-,9?,10-,12?,13?,14?,15+,16+,17+,18?,19+,20+,21+,22+,23-;4-,5+,6+,7?,8?,9?,10+,11-,12+,13?,14+,15?,16+,17+,18+,19-/m00/s1. The largest absolute Gasteiger partial charge is 0.394 e. The van der Waals surface area contributed by atoms with Crippen LogP contribution in [0.1, 0.15) is 46.5 Å². The molecule has 0 bridgehead atoms. The Bertz CT molecular complexity index is 1670. The Balaban J connectivity index is 0.000000271. The maximum absolute atomic E-state index is 12.5. The van der Waals surface area contributed by atoms with Crippen molar-refractivity contribution in [1.82, 2.24) is 0 Å². The summed E-state index contributed by atoms with van der Waals surface area (Å²) in [6.07, 6.45) is -31.8. The van der Waals surface area contributed by atoms with Crippen LogP contribution in [0.25, 0.3) is 0 Å². The quantitative estimate of drug-likeness (QED) is 0.0643. The third kappa shape index (κ3) is 13.6. The number of ether oxygens (including phenoxy) is 8. The highest BCUT2D eigenvalue weighted by Gasteiger charge is 2.55. The fourth-order valence-electron chi connectivity index (χ4n) is 9.90. The van der Waals surface area contributed by atoms with Crippen LogP contribution in [0, 0.1) is 5.92 Å². The van der Waals surface area contributed by atoms with Crippen LogP contribution in [0.4, 0.5) is 0 Å². The van der Waals surface area contributed by atoms with Gasteiger partial charge in [-0.05, 0) is 52.5 Å². The fraction of sp³-hybridized carbons (Fsp3) is 0.976. The van der Waals surface area contributed by atoms with Crippen LogP contribution in [0.5, 0.6) is 0 Å². The minimum Gasteiger partial charge on any atom is -0.394 e. The molecule has 2 aliphatic carbocycles. The molecule has 4 heterocycles. The molecule has 4 saturated heterocycles. The van der Waals surface area contributed by atoms with E-state index in [1.165, 1.54) is 6.92 Å². The van der Waals surface area contributed by atoms with Gasteiger partial charge in [0.05, 0.1) is 37.0 Å². The van der Waals surface area contributed by atoms with Crippen molar-refractivity contribution in [2.45, 2.75) is 236 Å². The highest BCUT2D eigenvalue weighted by Crippen LogP contribution is 2.37. The molecule has 422 valence electrons. The second-order valence-corrected chi connectivity index (χ2v) is 20.0. The van der Waals surface area contributed by atoms with Crippen molar-refractivity contribution in [3.05, 3.63) is 0 Å². The zero-order valence-corrected chi connectivity index (χ0v) is 40.3. The average Bonchev–Trinajstić information content (AvgIpc) is 3.77. The maximum atomic E-state index is 12.5. The smallest absolute Gasteiger partial charge is 0.187 e. The number of aliphatic hydroxyl groups excluding tert-OH is 13. The van der Waals surface area contributed by atoms with E-state index < -0.39 is 208 Å². The van der Waals surface area contributed by atoms with Crippen LogP contribution >= 0.6 is 0 Å². The lowest BCUT2D eigenvalue weighted by molar-refractivity contribution is -0.315. The Labute approximate surface area is 415 Å². The third-order valence-electron chi connectivity index (χ3n) is 14.3. The van der Waals surface area contributed by atoms with E-state index in [0.717, 1.165) is 0 Å². The predicted octanol–water partition coefficient (Wildman–Crippen LogP) is -12.2. The fourth-order valence-corrected chi connectivity index (χ4v) is 9.90. The summed E-state index contributed by atoms with van der Waals surface area (Å²) >= 11 is 0. The highest BCUT2D eigenvalue weighted by molar-refractivity contribution is 5.83. The Kier molecular flexibility index (Phi) is 22.4. The van der Waals surface area contributed by atoms with Gasteiger partial charge in [0.25, 0.3) is 0 Å². The second-order valence-electron chi connectivity index (χ2n) is 20.0. The number of ketones is 1. The van der Waals surface area contributed by atoms with E-state index >= 15 is 0 Å². The molecular weight excluding hydrogens is 968 g/mol. The lowest BCUT2D eigenvalue weighted by atomic mass is 9.76. The van der Waals surface area contributed by atoms with Crippen LogP contribution in [-0.2, 0) is 42.7 Å². The van der Waals surface area contributed by atoms with Crippen LogP contribution in [-0.4, -0.2) is 275 Å². The van der Waals surface area contributed by atoms with Gasteiger partial charge in [0.2, 0.25) is 0 Å². The monoisotopic (exact) mass is 1050 g/mol. The number of Topliss-reactive ketones (excluding diaryl/α,β-unsaturated/α-hetero) is 1. The van der Waals surface area contributed by atoms with Crippen LogP contribution in [0.15, 0.2) is 0 Å². The van der Waals surface area contributed by atoms with Crippen molar-refractivity contribution in [3.63, 3.8) is 0 Å². The number of rotatable bonds is 17. The molecule has 0 spiro atoms. The van der Waals surface area contributed by atoms with Crippen molar-refractivity contribution in [2.75, 3.05) is 13.2 Å². The molecule has 6 rings (SSSR count). The summed E-state index contributed by atoms with van der Waals surface area (Å²) in [5, 5.41) is 134. The van der Waals surface area contributed by atoms with Gasteiger partial charge in [0, 0.05) is 36.6 Å². The first kappa shape index (κ1) is 61.4. The van der Waals surface area contributed by atoms with Crippen LogP contribution in [0.2, 0.25) is 0 Å². The first-order valence-electron chi connectivity index (χ1n) is 24.2. The molecule has 0 aromatic carbocycles. The molecule has 32 atom stereocenters. The number of nitrogens with two attached hydrogens (primary N) is 8. The van der Waals surface area contributed by atoms with Gasteiger partial charge >= 0.3 is 0 Å². The van der Waals surface area contributed by atoms with Crippen LogP contribution in [0.3, 0.4) is 0 Å². The van der Waals surface area contributed by atoms with E-state index in [4.69, 9.17) is 83.8 Å². The van der Waals surface area contributed by atoms with E-state index in [1.807, 2.05) is 0 Å². The van der Waals surface area contributed by atoms with Gasteiger partial charge < -0.3 is 150 Å². The summed E-state index contributed by atoms with van der Waals surface area (Å²) in [6.45, 7) is 3.95. The van der Waals surface area contributed by atoms with Gasteiger partial charge in [-0.1, -0.05) is 0 Å². The molecule has 72 heavy (non-hydrogen) atoms. The minimum absolute atomic E-state index is 0.0303. The van der Waals surface area contributed by atoms with Crippen molar-refractivity contribution in [1.29, 1.82) is 0 Å². The Morgan fingerprint density at radius 1 is 0.528 bits per heavy atom. The van der Waals surface area contributed by atoms with Gasteiger partial charge in [-0.2, -0.15) is 0 Å². The molecule has 10 unspecified atom stereocenters. The van der Waals surface area contributed by atoms with Crippen molar-refractivity contribution < 1.29 is 109 Å². The Hall–Kier alpha value is -1.49. The summed E-state index contributed by atoms with van der Waals surface area (Å²) in [7, 11) is 0. The highest BCUT2D eigenvalue weighted by atomic mass is 16.8. The summed E-state index contributed by atoms with van der Waals surface area (Å²) in [6, 6.07) is -6.30. The lowest BCUT2D eigenvalue weighted by Gasteiger charge is -2.47. The average molecular weight is 1050 g/mol. The topological polar surface area (TPSA) is 562 Å². The number of aliphatic hydroxyl groups is 13. The zero-order valence-electron chi connectivity index (χ0n) is 40.3. The normalized spacial score (nSPS) is 49.6. The number of carbonyl (C=O) groups excluding carboxylic acids is 1. The Morgan fingerprint density at radius 2 is 0.944 bits per heavy atom. The molecule has 0 aromatic heterocycles. The summed E-state index contributed by atoms with van der Waals surface area (Å²) in [5.74, 6) is -1.36. The van der Waals surface area contributed by atoms with Crippen molar-refractivity contribution in [3.8, 4) is 0 Å². The molecule has 6 fully saturated rings. The first-order chi connectivity index (χ1) is 33.7. The number of hydrogen-bond donors (Lipinski definition) is 21. The molecule has 0 amide bonds. The molecular formula is C42H82N8O22. The van der Waals surface area contributed by atoms with Gasteiger partial charge in [-0.3, -0.25) is 4.79 Å². The van der Waals surface area contributed by atoms with Crippen molar-refractivity contribution >= 4 is 5.78 Å². The molecule has 2 saturated carbocycles. The van der Waals surface area contributed by atoms with E-state index in [1.54, 1.807) is 13.8 Å². The lowest BCUT2D eigenvalue weighted by Crippen LogP contribution is -2.68. The summed E-state index contributed by atoms with van der Waals surface area (Å²) in [5.41, 5.74) is 47.6. The SMILES string of the molecule is C[C@H](N)[C@H]1O[C@@H](O[C@@H]2C(O)[C@H](CC(=O)[C@@H](O)CCN)CC(N)[C@H]2O[C@H]2OC(CO)[C@@H](O)[C@H](O)C2N)C(O)[C@H]1O.C[C@H](N)[C@H]1O[C@@H](O[C@@H]2C(O)[C@H](N)CC(N)[C@H]2O[C@H]2OC([C@@H](C)O)[C@@H](O)[C@H](O)C2N)C(O)[C@H]1O. The Morgan fingerprint density at radius 3 is 1.39 bits per heavy atom. The molecule has 6 aliphatic rings. The summed E-state index contributed by atoms with van der Waals surface area (Å²) < 4.78 is 45.9. The first-order valence-corrected chi connectivity index (χ1v) is 24.2. The number of carbonyl (C=O) groups is 1. The minimum atomic E-state index is -1.55. The van der Waals surface area contributed by atoms with Gasteiger partial charge in [-0.15, -0.1) is 0 Å². The second kappa shape index (κ2) is 26.2. The predicted molar refractivity (Wildman–Crippen MR) is 242 cm³/mol. The molecule has 30 heteroatoms. The third-order valence-corrected chi connectivity index (χ3v) is 14.3. The van der Waals surface area contributed by atoms with Gasteiger partial charge in [0.15, 0.2) is 30.9 Å². The molecule has 0 aromatic rings. The van der Waals surface area contributed by atoms with E-state index in [2.05, 4.69) is 0 Å². The molecule has 0 radical (unpaired) electrons. The van der Waals surface area contributed by atoms with Crippen molar-refractivity contribution in [2.24, 2.45) is 51.8 Å².